The standard InChI is InChI=1S/C13H23N3S/c1-10(2)11-9-16(7-5-14-11)13(3,4)12-15-6-8-17-12/h6,8,10-11,14H,5,7,9H2,1-4H3. The van der Waals surface area contributed by atoms with Gasteiger partial charge in [-0.1, -0.05) is 13.8 Å². The monoisotopic (exact) mass is 253 g/mol. The Balaban J connectivity index is 2.11. The second-order valence-electron chi connectivity index (χ2n) is 5.65. The summed E-state index contributed by atoms with van der Waals surface area (Å²) in [7, 11) is 0. The lowest BCUT2D eigenvalue weighted by Crippen LogP contribution is -2.57. The first-order chi connectivity index (χ1) is 8.01. The number of nitrogens with one attached hydrogen (secondary N) is 1. The van der Waals surface area contributed by atoms with E-state index in [0.717, 1.165) is 19.6 Å². The molecule has 1 saturated heterocycles. The molecule has 1 aliphatic rings. The maximum Gasteiger partial charge on any atom is 0.112 e. The first kappa shape index (κ1) is 13.0. The van der Waals surface area contributed by atoms with Gasteiger partial charge >= 0.3 is 0 Å². The number of piperazine rings is 1. The fraction of sp³-hybridized carbons (Fsp3) is 0.769. The molecule has 0 amide bonds. The van der Waals surface area contributed by atoms with Crippen molar-refractivity contribution in [2.75, 3.05) is 19.6 Å². The van der Waals surface area contributed by atoms with Crippen LogP contribution < -0.4 is 5.32 Å². The summed E-state index contributed by atoms with van der Waals surface area (Å²) in [6.07, 6.45) is 1.91. The maximum atomic E-state index is 4.49. The Bertz CT molecular complexity index is 346. The van der Waals surface area contributed by atoms with Crippen LogP contribution in [0.1, 0.15) is 32.7 Å². The first-order valence-electron chi connectivity index (χ1n) is 6.40. The van der Waals surface area contributed by atoms with Crippen LogP contribution in [0.2, 0.25) is 0 Å². The molecule has 0 spiro atoms. The summed E-state index contributed by atoms with van der Waals surface area (Å²) >= 11 is 1.76. The van der Waals surface area contributed by atoms with Crippen LogP contribution in [0.4, 0.5) is 0 Å². The summed E-state index contributed by atoms with van der Waals surface area (Å²) in [6, 6.07) is 0.600. The van der Waals surface area contributed by atoms with E-state index in [0.29, 0.717) is 12.0 Å². The lowest BCUT2D eigenvalue weighted by molar-refractivity contribution is 0.0697. The van der Waals surface area contributed by atoms with Crippen molar-refractivity contribution < 1.29 is 0 Å². The summed E-state index contributed by atoms with van der Waals surface area (Å²) < 4.78 is 0. The Morgan fingerprint density at radius 1 is 1.53 bits per heavy atom. The Kier molecular flexibility index (Phi) is 3.85. The topological polar surface area (TPSA) is 28.2 Å². The molecule has 1 N–H and O–H groups in total. The Morgan fingerprint density at radius 2 is 2.29 bits per heavy atom. The van der Waals surface area contributed by atoms with E-state index in [4.69, 9.17) is 0 Å². The minimum Gasteiger partial charge on any atom is -0.311 e. The summed E-state index contributed by atoms with van der Waals surface area (Å²) in [5.74, 6) is 0.685. The van der Waals surface area contributed by atoms with Crippen LogP contribution in [0, 0.1) is 5.92 Å². The van der Waals surface area contributed by atoms with Crippen LogP contribution >= 0.6 is 11.3 Å². The van der Waals surface area contributed by atoms with Crippen molar-refractivity contribution in [2.24, 2.45) is 5.92 Å². The van der Waals surface area contributed by atoms with Gasteiger partial charge in [-0.15, -0.1) is 11.3 Å². The maximum absolute atomic E-state index is 4.49. The van der Waals surface area contributed by atoms with Crippen LogP contribution in [0.15, 0.2) is 11.6 Å². The highest BCUT2D eigenvalue weighted by Gasteiger charge is 2.35. The highest BCUT2D eigenvalue weighted by atomic mass is 32.1. The van der Waals surface area contributed by atoms with Crippen molar-refractivity contribution in [2.45, 2.75) is 39.3 Å². The predicted molar refractivity (Wildman–Crippen MR) is 73.3 cm³/mol. The molecule has 0 aliphatic carbocycles. The van der Waals surface area contributed by atoms with Crippen molar-refractivity contribution in [3.8, 4) is 0 Å². The zero-order valence-electron chi connectivity index (χ0n) is 11.2. The third-order valence-corrected chi connectivity index (χ3v) is 4.84. The smallest absolute Gasteiger partial charge is 0.112 e. The van der Waals surface area contributed by atoms with Gasteiger partial charge in [-0.2, -0.15) is 0 Å². The van der Waals surface area contributed by atoms with E-state index in [2.05, 4.69) is 48.3 Å². The molecule has 1 fully saturated rings. The molecule has 96 valence electrons. The van der Waals surface area contributed by atoms with Crippen LogP contribution in [-0.2, 0) is 5.54 Å². The SMILES string of the molecule is CC(C)C1CN(C(C)(C)c2nccs2)CCN1. The quantitative estimate of drug-likeness (QED) is 0.896. The minimum atomic E-state index is 0.0589. The molecule has 1 aromatic heterocycles. The van der Waals surface area contributed by atoms with E-state index in [-0.39, 0.29) is 5.54 Å². The summed E-state index contributed by atoms with van der Waals surface area (Å²) in [6.45, 7) is 12.5. The van der Waals surface area contributed by atoms with Gasteiger partial charge in [0, 0.05) is 37.3 Å². The lowest BCUT2D eigenvalue weighted by Gasteiger charge is -2.44. The highest BCUT2D eigenvalue weighted by Crippen LogP contribution is 2.30. The minimum absolute atomic E-state index is 0.0589. The fourth-order valence-corrected chi connectivity index (χ4v) is 3.18. The van der Waals surface area contributed by atoms with Crippen molar-refractivity contribution >= 4 is 11.3 Å². The predicted octanol–water partition coefficient (Wildman–Crippen LogP) is 2.31. The number of nitrogens with zero attached hydrogens (tertiary/aromatic N) is 2. The zero-order valence-corrected chi connectivity index (χ0v) is 12.0. The van der Waals surface area contributed by atoms with Crippen LogP contribution in [0.3, 0.4) is 0 Å². The molecule has 1 atom stereocenters. The van der Waals surface area contributed by atoms with E-state index in [1.165, 1.54) is 5.01 Å². The number of rotatable bonds is 3. The largest absolute Gasteiger partial charge is 0.311 e. The molecular formula is C13H23N3S. The van der Waals surface area contributed by atoms with E-state index in [9.17, 15) is 0 Å². The fourth-order valence-electron chi connectivity index (χ4n) is 2.39. The third kappa shape index (κ3) is 2.69. The third-order valence-electron chi connectivity index (χ3n) is 3.76. The van der Waals surface area contributed by atoms with Gasteiger partial charge in [0.25, 0.3) is 0 Å². The highest BCUT2D eigenvalue weighted by molar-refractivity contribution is 7.09. The normalized spacial score (nSPS) is 23.2. The number of aromatic nitrogens is 1. The second kappa shape index (κ2) is 5.04. The molecule has 2 heterocycles. The molecular weight excluding hydrogens is 230 g/mol. The van der Waals surface area contributed by atoms with Gasteiger partial charge in [0.15, 0.2) is 0 Å². The van der Waals surface area contributed by atoms with Crippen molar-refractivity contribution in [1.29, 1.82) is 0 Å². The van der Waals surface area contributed by atoms with E-state index in [1.54, 1.807) is 11.3 Å². The Morgan fingerprint density at radius 3 is 2.88 bits per heavy atom. The van der Waals surface area contributed by atoms with Gasteiger partial charge in [-0.05, 0) is 19.8 Å². The Hall–Kier alpha value is -0.450. The van der Waals surface area contributed by atoms with Crippen LogP contribution in [-0.4, -0.2) is 35.6 Å². The molecule has 1 aliphatic heterocycles. The number of hydrogen-bond acceptors (Lipinski definition) is 4. The number of thiazole rings is 1. The second-order valence-corrected chi connectivity index (χ2v) is 6.54. The summed E-state index contributed by atoms with van der Waals surface area (Å²) in [4.78, 5) is 7.05. The zero-order chi connectivity index (χ0) is 12.5. The molecule has 17 heavy (non-hydrogen) atoms. The van der Waals surface area contributed by atoms with E-state index < -0.39 is 0 Å². The van der Waals surface area contributed by atoms with E-state index in [1.807, 2.05) is 6.20 Å². The van der Waals surface area contributed by atoms with Crippen molar-refractivity contribution in [1.82, 2.24) is 15.2 Å². The molecule has 0 saturated carbocycles. The molecule has 2 rings (SSSR count). The molecule has 1 aromatic rings. The molecule has 0 aromatic carbocycles. The molecule has 3 nitrogen and oxygen atoms in total. The Labute approximate surface area is 108 Å². The van der Waals surface area contributed by atoms with E-state index >= 15 is 0 Å². The van der Waals surface area contributed by atoms with Gasteiger partial charge < -0.3 is 5.32 Å². The average Bonchev–Trinajstić information content (AvgIpc) is 2.83. The lowest BCUT2D eigenvalue weighted by atomic mass is 9.96. The van der Waals surface area contributed by atoms with Gasteiger partial charge in [0.1, 0.15) is 5.01 Å². The van der Waals surface area contributed by atoms with Gasteiger partial charge in [0.05, 0.1) is 5.54 Å². The van der Waals surface area contributed by atoms with Gasteiger partial charge in [-0.3, -0.25) is 4.90 Å². The van der Waals surface area contributed by atoms with Crippen molar-refractivity contribution in [3.63, 3.8) is 0 Å². The van der Waals surface area contributed by atoms with Crippen LogP contribution in [0.25, 0.3) is 0 Å². The van der Waals surface area contributed by atoms with Gasteiger partial charge in [0.2, 0.25) is 0 Å². The van der Waals surface area contributed by atoms with Gasteiger partial charge in [-0.25, -0.2) is 4.98 Å². The van der Waals surface area contributed by atoms with Crippen molar-refractivity contribution in [3.05, 3.63) is 16.6 Å². The number of hydrogen-bond donors (Lipinski definition) is 1. The summed E-state index contributed by atoms with van der Waals surface area (Å²) in [5.41, 5.74) is 0.0589. The first-order valence-corrected chi connectivity index (χ1v) is 7.28. The molecule has 0 bridgehead atoms. The summed E-state index contributed by atoms with van der Waals surface area (Å²) in [5, 5.41) is 6.90. The molecule has 4 heteroatoms. The average molecular weight is 253 g/mol. The molecule has 0 radical (unpaired) electrons. The molecule has 1 unspecified atom stereocenters. The van der Waals surface area contributed by atoms with Crippen LogP contribution in [0.5, 0.6) is 0 Å².